The molecule has 0 N–H and O–H groups in total. The summed E-state index contributed by atoms with van der Waals surface area (Å²) in [6.07, 6.45) is 15.7. The summed E-state index contributed by atoms with van der Waals surface area (Å²) < 4.78 is 0. The molecule has 0 nitrogen and oxygen atoms in total. The zero-order valence-corrected chi connectivity index (χ0v) is 8.07. The van der Waals surface area contributed by atoms with Crippen molar-refractivity contribution in [1.82, 2.24) is 0 Å². The van der Waals surface area contributed by atoms with E-state index in [1.54, 1.807) is 64.2 Å². The average Bonchev–Trinajstić information content (AvgIpc) is 2.41. The Kier molecular flexibility index (Phi) is 1.40. The van der Waals surface area contributed by atoms with Crippen LogP contribution in [0, 0.1) is 10.8 Å². The van der Waals surface area contributed by atoms with Crippen LogP contribution in [-0.4, -0.2) is 0 Å². The molecule has 5 aliphatic carbocycles. The predicted molar refractivity (Wildman–Crippen MR) is 51.0 cm³/mol. The lowest BCUT2D eigenvalue weighted by Crippen LogP contribution is -2.43. The summed E-state index contributed by atoms with van der Waals surface area (Å²) in [6, 6.07) is 0. The molecule has 0 unspecified atom stereocenters. The molecule has 0 radical (unpaired) electrons. The van der Waals surface area contributed by atoms with E-state index in [1.807, 2.05) is 0 Å². The maximum absolute atomic E-state index is 1.62. The Morgan fingerprint density at radius 1 is 0.500 bits per heavy atom. The second-order valence-electron chi connectivity index (χ2n) is 5.77. The molecule has 0 aromatic rings. The highest BCUT2D eigenvalue weighted by atomic mass is 14.6. The van der Waals surface area contributed by atoms with Gasteiger partial charge in [0.2, 0.25) is 0 Å². The summed E-state index contributed by atoms with van der Waals surface area (Å²) in [5, 5.41) is 0. The summed E-state index contributed by atoms with van der Waals surface area (Å²) in [7, 11) is 0. The normalized spacial score (nSPS) is 52.0. The first-order valence-electron chi connectivity index (χ1n) is 5.83. The molecule has 0 saturated heterocycles. The van der Waals surface area contributed by atoms with Gasteiger partial charge in [-0.1, -0.05) is 25.7 Å². The molecule has 0 aromatic carbocycles. The molecular formula is C12H20. The van der Waals surface area contributed by atoms with E-state index in [1.165, 1.54) is 0 Å². The van der Waals surface area contributed by atoms with Gasteiger partial charge in [0.1, 0.15) is 0 Å². The molecule has 12 heavy (non-hydrogen) atoms. The molecule has 0 aromatic heterocycles. The fourth-order valence-corrected chi connectivity index (χ4v) is 4.50. The quantitative estimate of drug-likeness (QED) is 0.509. The van der Waals surface area contributed by atoms with Crippen LogP contribution in [0.1, 0.15) is 64.2 Å². The standard InChI is InChI=1S/C12H20/c1-2-6-12-8-4-3-7-11(5-1,9-12)10-12/h1-10H2. The van der Waals surface area contributed by atoms with E-state index in [0.717, 1.165) is 10.8 Å². The van der Waals surface area contributed by atoms with Crippen LogP contribution in [0.4, 0.5) is 0 Å². The van der Waals surface area contributed by atoms with Crippen molar-refractivity contribution in [3.05, 3.63) is 0 Å². The molecule has 0 aliphatic heterocycles. The van der Waals surface area contributed by atoms with E-state index >= 15 is 0 Å². The van der Waals surface area contributed by atoms with Gasteiger partial charge in [-0.05, 0) is 49.4 Å². The predicted octanol–water partition coefficient (Wildman–Crippen LogP) is 3.90. The molecule has 5 rings (SSSR count). The van der Waals surface area contributed by atoms with Crippen molar-refractivity contribution in [3.63, 3.8) is 0 Å². The highest BCUT2D eigenvalue weighted by molar-refractivity contribution is 5.06. The summed E-state index contributed by atoms with van der Waals surface area (Å²) >= 11 is 0. The van der Waals surface area contributed by atoms with Gasteiger partial charge in [-0.2, -0.15) is 0 Å². The molecule has 0 atom stereocenters. The van der Waals surface area contributed by atoms with Crippen molar-refractivity contribution < 1.29 is 0 Å². The lowest BCUT2D eigenvalue weighted by molar-refractivity contribution is -0.0308. The second kappa shape index (κ2) is 2.27. The summed E-state index contributed by atoms with van der Waals surface area (Å²) in [5.41, 5.74) is 1.76. The van der Waals surface area contributed by atoms with Gasteiger partial charge in [0.25, 0.3) is 0 Å². The van der Waals surface area contributed by atoms with Crippen LogP contribution in [0.3, 0.4) is 0 Å². The fraction of sp³-hybridized carbons (Fsp3) is 1.00. The van der Waals surface area contributed by atoms with Gasteiger partial charge in [-0.25, -0.2) is 0 Å². The Morgan fingerprint density at radius 2 is 0.833 bits per heavy atom. The number of rotatable bonds is 0. The summed E-state index contributed by atoms with van der Waals surface area (Å²) in [5.74, 6) is 0. The lowest BCUT2D eigenvalue weighted by atomic mass is 9.51. The van der Waals surface area contributed by atoms with Crippen molar-refractivity contribution in [2.24, 2.45) is 10.8 Å². The Hall–Kier alpha value is 0. The van der Waals surface area contributed by atoms with Crippen LogP contribution in [0.2, 0.25) is 0 Å². The smallest absolute Gasteiger partial charge is 0.0287 e. The van der Waals surface area contributed by atoms with E-state index in [4.69, 9.17) is 0 Å². The van der Waals surface area contributed by atoms with Gasteiger partial charge >= 0.3 is 0 Å². The first-order chi connectivity index (χ1) is 5.83. The zero-order chi connectivity index (χ0) is 8.07. The van der Waals surface area contributed by atoms with Crippen LogP contribution >= 0.6 is 0 Å². The molecule has 5 aliphatic rings. The van der Waals surface area contributed by atoms with Crippen LogP contribution < -0.4 is 0 Å². The lowest BCUT2D eigenvalue weighted by Gasteiger charge is -2.54. The van der Waals surface area contributed by atoms with Crippen LogP contribution in [0.5, 0.6) is 0 Å². The van der Waals surface area contributed by atoms with E-state index < -0.39 is 0 Å². The van der Waals surface area contributed by atoms with Crippen LogP contribution in [0.25, 0.3) is 0 Å². The first kappa shape index (κ1) is 7.41. The Morgan fingerprint density at radius 3 is 1.17 bits per heavy atom. The molecule has 0 spiro atoms. The monoisotopic (exact) mass is 164 g/mol. The van der Waals surface area contributed by atoms with Gasteiger partial charge in [-0.3, -0.25) is 0 Å². The maximum atomic E-state index is 1.62. The van der Waals surface area contributed by atoms with Gasteiger partial charge in [-0.15, -0.1) is 0 Å². The van der Waals surface area contributed by atoms with Gasteiger partial charge in [0.05, 0.1) is 0 Å². The first-order valence-corrected chi connectivity index (χ1v) is 5.83. The van der Waals surface area contributed by atoms with E-state index in [0.29, 0.717) is 0 Å². The van der Waals surface area contributed by atoms with Crippen molar-refractivity contribution in [2.45, 2.75) is 64.2 Å². The van der Waals surface area contributed by atoms with E-state index in [2.05, 4.69) is 0 Å². The molecule has 2 bridgehead atoms. The van der Waals surface area contributed by atoms with Crippen molar-refractivity contribution in [2.75, 3.05) is 0 Å². The molecule has 0 heterocycles. The highest BCUT2D eigenvalue weighted by Crippen LogP contribution is 2.67. The SMILES string of the molecule is C1CCC23CCCCC(C1)(C2)C3. The van der Waals surface area contributed by atoms with E-state index in [-0.39, 0.29) is 0 Å². The molecular weight excluding hydrogens is 144 g/mol. The van der Waals surface area contributed by atoms with Crippen LogP contribution in [-0.2, 0) is 0 Å². The van der Waals surface area contributed by atoms with Gasteiger partial charge in [0, 0.05) is 0 Å². The minimum absolute atomic E-state index is 0.882. The third-order valence-corrected chi connectivity index (χ3v) is 4.83. The zero-order valence-electron chi connectivity index (χ0n) is 8.07. The van der Waals surface area contributed by atoms with Gasteiger partial charge < -0.3 is 0 Å². The largest absolute Gasteiger partial charge is 0.0528 e. The maximum Gasteiger partial charge on any atom is -0.0287 e. The highest BCUT2D eigenvalue weighted by Gasteiger charge is 2.55. The van der Waals surface area contributed by atoms with Crippen molar-refractivity contribution in [3.8, 4) is 0 Å². The molecule has 5 saturated carbocycles. The second-order valence-corrected chi connectivity index (χ2v) is 5.77. The number of fused-ring (bicyclic) bond motifs is 6. The molecule has 0 heteroatoms. The minimum Gasteiger partial charge on any atom is -0.0528 e. The fourth-order valence-electron chi connectivity index (χ4n) is 4.50. The molecule has 5 fully saturated rings. The number of hydrogen-bond donors (Lipinski definition) is 0. The topological polar surface area (TPSA) is 0 Å². The Labute approximate surface area is 75.7 Å². The average molecular weight is 164 g/mol. The molecule has 0 amide bonds. The third kappa shape index (κ3) is 0.900. The third-order valence-electron chi connectivity index (χ3n) is 4.83. The van der Waals surface area contributed by atoms with Gasteiger partial charge in [0.15, 0.2) is 0 Å². The summed E-state index contributed by atoms with van der Waals surface area (Å²) in [6.45, 7) is 0. The van der Waals surface area contributed by atoms with Crippen molar-refractivity contribution >= 4 is 0 Å². The Bertz CT molecular complexity index is 150. The number of hydrogen-bond acceptors (Lipinski definition) is 0. The van der Waals surface area contributed by atoms with Crippen molar-refractivity contribution in [1.29, 1.82) is 0 Å². The minimum atomic E-state index is 0.882. The van der Waals surface area contributed by atoms with E-state index in [9.17, 15) is 0 Å². The van der Waals surface area contributed by atoms with Crippen LogP contribution in [0.15, 0.2) is 0 Å². The summed E-state index contributed by atoms with van der Waals surface area (Å²) in [4.78, 5) is 0. The Balaban J connectivity index is 1.89. The molecule has 68 valence electrons.